The van der Waals surface area contributed by atoms with Gasteiger partial charge in [0.25, 0.3) is 0 Å². The van der Waals surface area contributed by atoms with Gasteiger partial charge in [0.05, 0.1) is 33.0 Å². The number of aliphatic hydroxyl groups is 1. The van der Waals surface area contributed by atoms with Gasteiger partial charge in [0.2, 0.25) is 0 Å². The van der Waals surface area contributed by atoms with Gasteiger partial charge < -0.3 is 38.3 Å². The minimum Gasteiger partial charge on any atom is -0.396 e. The fourth-order valence-electron chi connectivity index (χ4n) is 2.05. The van der Waals surface area contributed by atoms with Gasteiger partial charge in [-0.05, 0) is 26.2 Å². The zero-order valence-corrected chi connectivity index (χ0v) is 16.7. The molecule has 0 radical (unpaired) electrons. The highest BCUT2D eigenvalue weighted by Crippen LogP contribution is 2.10. The number of ether oxygens (including phenoxy) is 7. The Morgan fingerprint density at radius 1 is 0.731 bits per heavy atom. The molecule has 158 valence electrons. The van der Waals surface area contributed by atoms with Gasteiger partial charge in [-0.1, -0.05) is 0 Å². The predicted octanol–water partition coefficient (Wildman–Crippen LogP) is 1.59. The third-order valence-electron chi connectivity index (χ3n) is 3.35. The lowest BCUT2D eigenvalue weighted by Gasteiger charge is -2.24. The monoisotopic (exact) mass is 382 g/mol. The third kappa shape index (κ3) is 17.1. The van der Waals surface area contributed by atoms with Crippen LogP contribution in [0.25, 0.3) is 0 Å². The van der Waals surface area contributed by atoms with E-state index >= 15 is 0 Å². The minimum absolute atomic E-state index is 0.104. The molecule has 0 amide bonds. The molecule has 2 atom stereocenters. The van der Waals surface area contributed by atoms with E-state index in [0.29, 0.717) is 65.7 Å². The van der Waals surface area contributed by atoms with Crippen molar-refractivity contribution in [2.24, 2.45) is 0 Å². The quantitative estimate of drug-likeness (QED) is 0.237. The van der Waals surface area contributed by atoms with Crippen LogP contribution in [0.3, 0.4) is 0 Å². The molecule has 26 heavy (non-hydrogen) atoms. The Morgan fingerprint density at radius 3 is 2.08 bits per heavy atom. The summed E-state index contributed by atoms with van der Waals surface area (Å²) >= 11 is 0. The van der Waals surface area contributed by atoms with Gasteiger partial charge in [-0.2, -0.15) is 0 Å². The van der Waals surface area contributed by atoms with Crippen molar-refractivity contribution in [3.8, 4) is 0 Å². The summed E-state index contributed by atoms with van der Waals surface area (Å²) in [5.74, 6) is 0. The first-order valence-electron chi connectivity index (χ1n) is 9.41. The molecule has 2 unspecified atom stereocenters. The van der Waals surface area contributed by atoms with Crippen LogP contribution in [0.1, 0.15) is 32.6 Å². The Bertz CT molecular complexity index is 262. The normalized spacial score (nSPS) is 13.8. The number of hydrogen-bond acceptors (Lipinski definition) is 8. The van der Waals surface area contributed by atoms with Crippen molar-refractivity contribution in [2.45, 2.75) is 45.2 Å². The fourth-order valence-corrected chi connectivity index (χ4v) is 2.05. The summed E-state index contributed by atoms with van der Waals surface area (Å²) < 4.78 is 37.8. The summed E-state index contributed by atoms with van der Waals surface area (Å²) in [7, 11) is 3.25. The van der Waals surface area contributed by atoms with Crippen molar-refractivity contribution in [3.63, 3.8) is 0 Å². The first-order chi connectivity index (χ1) is 12.8. The maximum absolute atomic E-state index is 9.02. The van der Waals surface area contributed by atoms with Gasteiger partial charge in [-0.15, -0.1) is 0 Å². The molecule has 0 aromatic heterocycles. The predicted molar refractivity (Wildman–Crippen MR) is 97.2 cm³/mol. The van der Waals surface area contributed by atoms with E-state index in [1.54, 1.807) is 14.2 Å². The van der Waals surface area contributed by atoms with E-state index in [4.69, 9.17) is 38.3 Å². The van der Waals surface area contributed by atoms with Crippen molar-refractivity contribution in [1.29, 1.82) is 0 Å². The van der Waals surface area contributed by atoms with Crippen molar-refractivity contribution in [3.05, 3.63) is 0 Å². The standard InChI is InChI=1S/C18H38O8/c1-4-24-18(16-21-3)26-17(8-7-9-19)25-11-6-5-10-22-14-15-23-13-12-20-2/h17-19H,4-16H2,1-3H3. The van der Waals surface area contributed by atoms with Crippen LogP contribution in [0.15, 0.2) is 0 Å². The van der Waals surface area contributed by atoms with Crippen LogP contribution >= 0.6 is 0 Å². The summed E-state index contributed by atoms with van der Waals surface area (Å²) in [6.45, 7) is 6.47. The summed E-state index contributed by atoms with van der Waals surface area (Å²) in [5, 5.41) is 9.02. The Balaban J connectivity index is 3.75. The molecule has 8 heteroatoms. The molecular weight excluding hydrogens is 344 g/mol. The summed E-state index contributed by atoms with van der Waals surface area (Å²) in [5.41, 5.74) is 0. The number of hydrogen-bond donors (Lipinski definition) is 1. The van der Waals surface area contributed by atoms with E-state index in [1.807, 2.05) is 6.92 Å². The summed E-state index contributed by atoms with van der Waals surface area (Å²) in [4.78, 5) is 0. The smallest absolute Gasteiger partial charge is 0.183 e. The second-order valence-electron chi connectivity index (χ2n) is 5.57. The van der Waals surface area contributed by atoms with Gasteiger partial charge in [-0.3, -0.25) is 0 Å². The number of aliphatic hydroxyl groups excluding tert-OH is 1. The lowest BCUT2D eigenvalue weighted by atomic mass is 10.3. The Kier molecular flexibility index (Phi) is 20.7. The highest BCUT2D eigenvalue weighted by atomic mass is 16.8. The average Bonchev–Trinajstić information content (AvgIpc) is 2.64. The van der Waals surface area contributed by atoms with E-state index in [-0.39, 0.29) is 6.61 Å². The maximum Gasteiger partial charge on any atom is 0.183 e. The summed E-state index contributed by atoms with van der Waals surface area (Å²) in [6, 6.07) is 0. The van der Waals surface area contributed by atoms with Gasteiger partial charge in [-0.25, -0.2) is 0 Å². The third-order valence-corrected chi connectivity index (χ3v) is 3.35. The molecule has 0 aliphatic carbocycles. The zero-order valence-electron chi connectivity index (χ0n) is 16.7. The van der Waals surface area contributed by atoms with Crippen LogP contribution in [-0.2, 0) is 33.2 Å². The highest BCUT2D eigenvalue weighted by molar-refractivity contribution is 4.51. The first kappa shape index (κ1) is 25.7. The number of rotatable bonds is 21. The van der Waals surface area contributed by atoms with E-state index in [1.165, 1.54) is 0 Å². The van der Waals surface area contributed by atoms with Crippen molar-refractivity contribution < 1.29 is 38.3 Å². The molecule has 0 aliphatic heterocycles. The van der Waals surface area contributed by atoms with Crippen LogP contribution in [0, 0.1) is 0 Å². The molecule has 0 saturated carbocycles. The number of methoxy groups -OCH3 is 2. The molecule has 8 nitrogen and oxygen atoms in total. The fraction of sp³-hybridized carbons (Fsp3) is 1.00. The van der Waals surface area contributed by atoms with E-state index in [9.17, 15) is 0 Å². The maximum atomic E-state index is 9.02. The highest BCUT2D eigenvalue weighted by Gasteiger charge is 2.17. The van der Waals surface area contributed by atoms with Crippen molar-refractivity contribution >= 4 is 0 Å². The van der Waals surface area contributed by atoms with Crippen molar-refractivity contribution in [2.75, 3.05) is 73.7 Å². The van der Waals surface area contributed by atoms with Crippen LogP contribution in [0.5, 0.6) is 0 Å². The van der Waals surface area contributed by atoms with Gasteiger partial charge >= 0.3 is 0 Å². The number of unbranched alkanes of at least 4 members (excludes halogenated alkanes) is 1. The Labute approximate surface area is 158 Å². The van der Waals surface area contributed by atoms with Crippen molar-refractivity contribution in [1.82, 2.24) is 0 Å². The second-order valence-corrected chi connectivity index (χ2v) is 5.57. The SMILES string of the molecule is CCOC(COC)OC(CCCO)OCCCCOCCOCCOC. The van der Waals surface area contributed by atoms with Gasteiger partial charge in [0.15, 0.2) is 12.6 Å². The lowest BCUT2D eigenvalue weighted by Crippen LogP contribution is -2.30. The molecular formula is C18H38O8. The molecule has 0 spiro atoms. The van der Waals surface area contributed by atoms with E-state index in [2.05, 4.69) is 0 Å². The molecule has 0 bridgehead atoms. The van der Waals surface area contributed by atoms with E-state index < -0.39 is 12.6 Å². The van der Waals surface area contributed by atoms with Gasteiger partial charge in [0.1, 0.15) is 0 Å². The van der Waals surface area contributed by atoms with Gasteiger partial charge in [0, 0.05) is 47.1 Å². The molecule has 0 fully saturated rings. The van der Waals surface area contributed by atoms with Crippen LogP contribution < -0.4 is 0 Å². The molecule has 0 heterocycles. The topological polar surface area (TPSA) is 84.8 Å². The molecule has 0 aliphatic rings. The second kappa shape index (κ2) is 21.0. The average molecular weight is 382 g/mol. The minimum atomic E-state index is -0.463. The molecule has 0 rings (SSSR count). The molecule has 0 saturated heterocycles. The lowest BCUT2D eigenvalue weighted by molar-refractivity contribution is -0.258. The first-order valence-corrected chi connectivity index (χ1v) is 9.41. The molecule has 1 N–H and O–H groups in total. The Morgan fingerprint density at radius 2 is 1.42 bits per heavy atom. The van der Waals surface area contributed by atoms with Crippen LogP contribution in [0.2, 0.25) is 0 Å². The largest absolute Gasteiger partial charge is 0.396 e. The molecule has 0 aromatic rings. The van der Waals surface area contributed by atoms with Crippen LogP contribution in [-0.4, -0.2) is 91.4 Å². The summed E-state index contributed by atoms with van der Waals surface area (Å²) in [6.07, 6.45) is 2.12. The zero-order chi connectivity index (χ0) is 19.3. The Hall–Kier alpha value is -0.320. The van der Waals surface area contributed by atoms with E-state index in [0.717, 1.165) is 12.8 Å². The van der Waals surface area contributed by atoms with Crippen LogP contribution in [0.4, 0.5) is 0 Å². The molecule has 0 aromatic carbocycles.